The number of carbonyl (C=O) groups is 4. The minimum absolute atomic E-state index is 0.0847. The van der Waals surface area contributed by atoms with Crippen LogP contribution in [0.5, 0.6) is 0 Å². The largest absolute Gasteiger partial charge is 0.459 e. The summed E-state index contributed by atoms with van der Waals surface area (Å²) in [5.41, 5.74) is 14.5. The number of ketones is 2. The van der Waals surface area contributed by atoms with Gasteiger partial charge >= 0.3 is 11.9 Å². The lowest BCUT2D eigenvalue weighted by atomic mass is 9.65. The zero-order valence-electron chi connectivity index (χ0n) is 42.2. The summed E-state index contributed by atoms with van der Waals surface area (Å²) in [7, 11) is 0. The number of unbranched alkanes of at least 4 members (excludes halogenated alkanes) is 6. The number of aliphatic hydroxyl groups is 2. The van der Waals surface area contributed by atoms with Crippen LogP contribution < -0.4 is 11.5 Å². The van der Waals surface area contributed by atoms with Crippen LogP contribution in [0, 0.1) is 17.3 Å². The smallest absolute Gasteiger partial charge is 0.338 e. The molecule has 0 aromatic heterocycles. The maximum absolute atomic E-state index is 14.3. The van der Waals surface area contributed by atoms with Crippen molar-refractivity contribution in [1.29, 1.82) is 0 Å². The summed E-state index contributed by atoms with van der Waals surface area (Å²) in [5.74, 6) is -3.91. The molecule has 2 aliphatic carbocycles. The summed E-state index contributed by atoms with van der Waals surface area (Å²) in [6, 6.07) is 27.1. The van der Waals surface area contributed by atoms with Crippen molar-refractivity contribution in [1.82, 2.24) is 0 Å². The minimum atomic E-state index is -3.07. The topological polar surface area (TPSA) is 179 Å². The molecule has 4 aromatic carbocycles. The quantitative estimate of drug-likeness (QED) is 0.0156. The molecular weight excluding hydrogens is 889 g/mol. The maximum Gasteiger partial charge on any atom is 0.338 e. The van der Waals surface area contributed by atoms with E-state index in [0.717, 1.165) is 57.4 Å². The Morgan fingerprint density at radius 3 is 1.32 bits per heavy atom. The number of nitrogens with two attached hydrogens (primary N) is 2. The molecule has 0 unspecified atom stereocenters. The highest BCUT2D eigenvalue weighted by molar-refractivity contribution is 6.01. The van der Waals surface area contributed by atoms with Gasteiger partial charge in [0.05, 0.1) is 11.1 Å². The number of nitrogen functional groups attached to an aromatic ring is 2. The Labute approximate surface area is 422 Å². The first-order chi connectivity index (χ1) is 34.2. The summed E-state index contributed by atoms with van der Waals surface area (Å²) in [5, 5.41) is 24.6. The summed E-state index contributed by atoms with van der Waals surface area (Å²) in [6.45, 7) is 4.45. The summed E-state index contributed by atoms with van der Waals surface area (Å²) in [4.78, 5) is 54.7. The minimum Gasteiger partial charge on any atom is -0.459 e. The Hall–Kier alpha value is -5.84. The van der Waals surface area contributed by atoms with Crippen LogP contribution >= 0.6 is 0 Å². The number of hydrogen-bond donors (Lipinski definition) is 4. The molecule has 0 aliphatic heterocycles. The number of ether oxygens (including phenoxy) is 2. The predicted molar refractivity (Wildman–Crippen MR) is 284 cm³/mol. The average molecular weight is 967 g/mol. The van der Waals surface area contributed by atoms with Crippen molar-refractivity contribution in [2.75, 3.05) is 11.5 Å². The van der Waals surface area contributed by atoms with Gasteiger partial charge in [-0.15, -0.1) is 0 Å². The second-order valence-corrected chi connectivity index (χ2v) is 20.5. The number of carbonyl (C=O) groups excluding carboxylic acids is 4. The van der Waals surface area contributed by atoms with Gasteiger partial charge in [-0.05, 0) is 159 Å². The molecule has 0 saturated heterocycles. The highest BCUT2D eigenvalue weighted by Crippen LogP contribution is 2.43. The Morgan fingerprint density at radius 1 is 0.535 bits per heavy atom. The van der Waals surface area contributed by atoms with E-state index < -0.39 is 35.2 Å². The number of rotatable bonds is 26. The number of esters is 2. The van der Waals surface area contributed by atoms with E-state index in [1.165, 1.54) is 76.4 Å². The molecule has 10 heteroatoms. The molecule has 0 spiro atoms. The molecule has 10 nitrogen and oxygen atoms in total. The van der Waals surface area contributed by atoms with Gasteiger partial charge in [-0.25, -0.2) is 9.59 Å². The first-order valence-corrected chi connectivity index (χ1v) is 26.4. The van der Waals surface area contributed by atoms with Gasteiger partial charge in [0.1, 0.15) is 12.2 Å². The van der Waals surface area contributed by atoms with Gasteiger partial charge in [-0.3, -0.25) is 9.59 Å². The van der Waals surface area contributed by atoms with E-state index in [2.05, 4.69) is 13.8 Å². The number of allylic oxidation sites excluding steroid dienone is 1. The maximum atomic E-state index is 14.3. The van der Waals surface area contributed by atoms with Gasteiger partial charge < -0.3 is 31.2 Å². The first-order valence-electron chi connectivity index (χ1n) is 26.4. The van der Waals surface area contributed by atoms with Crippen LogP contribution in [-0.4, -0.2) is 51.7 Å². The molecule has 6 N–H and O–H groups in total. The van der Waals surface area contributed by atoms with Crippen molar-refractivity contribution in [2.45, 2.75) is 167 Å². The zero-order chi connectivity index (χ0) is 50.6. The lowest BCUT2D eigenvalue weighted by Gasteiger charge is -2.42. The molecule has 0 atom stereocenters. The average Bonchev–Trinajstić information content (AvgIpc) is 3.37. The van der Waals surface area contributed by atoms with Gasteiger partial charge in [0, 0.05) is 23.2 Å². The van der Waals surface area contributed by atoms with E-state index in [1.54, 1.807) is 103 Å². The third-order valence-corrected chi connectivity index (χ3v) is 14.9. The molecule has 380 valence electrons. The fraction of sp³-hybridized carbons (Fsp3) is 0.475. The lowest BCUT2D eigenvalue weighted by Crippen LogP contribution is -2.57. The van der Waals surface area contributed by atoms with Crippen LogP contribution in [0.4, 0.5) is 11.4 Å². The van der Waals surface area contributed by atoms with Crippen molar-refractivity contribution in [3.05, 3.63) is 143 Å². The fourth-order valence-corrected chi connectivity index (χ4v) is 10.4. The highest BCUT2D eigenvalue weighted by atomic mass is 16.5. The van der Waals surface area contributed by atoms with Crippen molar-refractivity contribution >= 4 is 47.0 Å². The molecule has 0 heterocycles. The van der Waals surface area contributed by atoms with Gasteiger partial charge in [-0.1, -0.05) is 139 Å². The number of hydrogen-bond acceptors (Lipinski definition) is 10. The van der Waals surface area contributed by atoms with E-state index >= 15 is 0 Å². The lowest BCUT2D eigenvalue weighted by molar-refractivity contribution is -0.230. The molecule has 4 aromatic rings. The predicted octanol–water partition coefficient (Wildman–Crippen LogP) is 12.6. The molecule has 2 aliphatic rings. The van der Waals surface area contributed by atoms with E-state index in [0.29, 0.717) is 56.6 Å². The van der Waals surface area contributed by atoms with Gasteiger partial charge in [0.25, 0.3) is 0 Å². The van der Waals surface area contributed by atoms with E-state index in [1.807, 2.05) is 0 Å². The van der Waals surface area contributed by atoms with Crippen LogP contribution in [0.3, 0.4) is 0 Å². The van der Waals surface area contributed by atoms with Crippen LogP contribution in [0.2, 0.25) is 0 Å². The molecule has 2 saturated carbocycles. The Kier molecular flexibility index (Phi) is 20.8. The normalized spacial score (nSPS) is 18.6. The third-order valence-electron chi connectivity index (χ3n) is 14.9. The summed E-state index contributed by atoms with van der Waals surface area (Å²) in [6.07, 6.45) is 25.1. The second kappa shape index (κ2) is 27.1. The summed E-state index contributed by atoms with van der Waals surface area (Å²) >= 11 is 0. The van der Waals surface area contributed by atoms with Crippen molar-refractivity contribution < 1.29 is 38.9 Å². The molecule has 2 fully saturated rings. The Balaban J connectivity index is 1.14. The zero-order valence-corrected chi connectivity index (χ0v) is 42.2. The standard InChI is InChI=1S/C61H78N2O8/c1-3-5-7-9-11-44-22-36-55(37-23-44)70-58(66)50-27-13-46(14-28-50)21-35-54(64)43-60(41-48-17-31-52(62)32-18-48,42-49-19-33-53(63)34-20-49)61(68,69)57(65)40-26-47-15-29-51(30-16-47)59(67)71-56-38-24-45(25-39-56)12-10-8-6-4-2/h13-21,26-35,40,44-45,55-56,68-69H,3-12,22-25,36-39,41-43,62-63H2,1-2H3. The van der Waals surface area contributed by atoms with Crippen molar-refractivity contribution in [3.63, 3.8) is 0 Å². The van der Waals surface area contributed by atoms with Gasteiger partial charge in [-0.2, -0.15) is 0 Å². The summed E-state index contributed by atoms with van der Waals surface area (Å²) < 4.78 is 11.8. The fourth-order valence-electron chi connectivity index (χ4n) is 10.4. The molecule has 6 rings (SSSR count). The van der Waals surface area contributed by atoms with Crippen LogP contribution in [0.15, 0.2) is 109 Å². The molecule has 71 heavy (non-hydrogen) atoms. The van der Waals surface area contributed by atoms with Crippen molar-refractivity contribution in [2.24, 2.45) is 17.3 Å². The number of anilines is 2. The molecular formula is C61H78N2O8. The first kappa shape index (κ1) is 54.5. The second-order valence-electron chi connectivity index (χ2n) is 20.5. The Morgan fingerprint density at radius 2 is 0.930 bits per heavy atom. The van der Waals surface area contributed by atoms with Gasteiger partial charge in [0.15, 0.2) is 5.78 Å². The molecule has 0 radical (unpaired) electrons. The van der Waals surface area contributed by atoms with E-state index in [4.69, 9.17) is 20.9 Å². The van der Waals surface area contributed by atoms with Crippen molar-refractivity contribution in [3.8, 4) is 0 Å². The monoisotopic (exact) mass is 967 g/mol. The Bertz CT molecular complexity index is 2310. The van der Waals surface area contributed by atoms with Crippen LogP contribution in [-0.2, 0) is 31.9 Å². The van der Waals surface area contributed by atoms with E-state index in [-0.39, 0.29) is 31.0 Å². The highest BCUT2D eigenvalue weighted by Gasteiger charge is 2.54. The van der Waals surface area contributed by atoms with Crippen LogP contribution in [0.1, 0.15) is 179 Å². The van der Waals surface area contributed by atoms with Crippen LogP contribution in [0.25, 0.3) is 12.2 Å². The van der Waals surface area contributed by atoms with Gasteiger partial charge in [0.2, 0.25) is 11.6 Å². The number of benzene rings is 4. The SMILES string of the molecule is CCCCCCC1CCC(OC(=O)c2ccc(C=CC(=O)CC(Cc3ccc(N)cc3)(Cc3ccc(N)cc3)C(O)(O)C(=O)C=Cc3ccc(C(=O)OC4CCC(CCCCCC)CC4)cc3)cc2)CC1. The van der Waals surface area contributed by atoms with E-state index in [9.17, 15) is 29.4 Å². The third kappa shape index (κ3) is 16.6. The molecule has 0 amide bonds. The molecule has 0 bridgehead atoms.